The van der Waals surface area contributed by atoms with Gasteiger partial charge in [-0.15, -0.1) is 0 Å². The van der Waals surface area contributed by atoms with Crippen molar-refractivity contribution in [2.75, 3.05) is 42.5 Å². The van der Waals surface area contributed by atoms with Crippen molar-refractivity contribution in [1.29, 1.82) is 0 Å². The van der Waals surface area contributed by atoms with Gasteiger partial charge in [-0.05, 0) is 44.6 Å². The molecule has 1 N–H and O–H groups in total. The predicted molar refractivity (Wildman–Crippen MR) is 142 cm³/mol. The van der Waals surface area contributed by atoms with Gasteiger partial charge in [-0.1, -0.05) is 52.4 Å². The van der Waals surface area contributed by atoms with Crippen LogP contribution < -0.4 is 15.4 Å². The molecule has 4 rings (SSSR count). The Morgan fingerprint density at radius 1 is 0.941 bits per heavy atom. The summed E-state index contributed by atoms with van der Waals surface area (Å²) in [5.74, 6) is 1.58. The van der Waals surface area contributed by atoms with E-state index in [4.69, 9.17) is 9.97 Å². The summed E-state index contributed by atoms with van der Waals surface area (Å²) in [6.45, 7) is 9.41. The van der Waals surface area contributed by atoms with Gasteiger partial charge < -0.3 is 9.80 Å². The second kappa shape index (κ2) is 12.5. The summed E-state index contributed by atoms with van der Waals surface area (Å²) in [7, 11) is 0. The lowest BCUT2D eigenvalue weighted by molar-refractivity contribution is 0.157. The quantitative estimate of drug-likeness (QED) is 0.594. The molecule has 4 heterocycles. The first-order chi connectivity index (χ1) is 16.7. The molecule has 2 aromatic rings. The maximum Gasteiger partial charge on any atom is 0.260 e. The normalized spacial score (nSPS) is 21.0. The van der Waals surface area contributed by atoms with Crippen molar-refractivity contribution in [3.05, 3.63) is 22.6 Å². The van der Waals surface area contributed by atoms with Crippen molar-refractivity contribution in [2.45, 2.75) is 97.1 Å². The zero-order valence-electron chi connectivity index (χ0n) is 21.4. The van der Waals surface area contributed by atoms with Gasteiger partial charge in [0.05, 0.1) is 11.6 Å². The Labute approximate surface area is 205 Å². The zero-order chi connectivity index (χ0) is 23.8. The Morgan fingerprint density at radius 3 is 2.29 bits per heavy atom. The largest absolute Gasteiger partial charge is 0.342 e. The molecule has 2 fully saturated rings. The second-order valence-corrected chi connectivity index (χ2v) is 10.1. The van der Waals surface area contributed by atoms with Crippen LogP contribution in [0.1, 0.15) is 90.9 Å². The van der Waals surface area contributed by atoms with Gasteiger partial charge in [0.2, 0.25) is 5.95 Å². The molecule has 1 atom stereocenters. The van der Waals surface area contributed by atoms with Crippen LogP contribution in [-0.2, 0) is 0 Å². The number of rotatable bonds is 7. The summed E-state index contributed by atoms with van der Waals surface area (Å²) in [6, 6.07) is 1.83. The number of aromatic amines is 1. The van der Waals surface area contributed by atoms with E-state index in [1.54, 1.807) is 6.20 Å². The average Bonchev–Trinajstić information content (AvgIpc) is 2.79. The van der Waals surface area contributed by atoms with Crippen LogP contribution in [-0.4, -0.2) is 58.7 Å². The summed E-state index contributed by atoms with van der Waals surface area (Å²) < 4.78 is 0. The minimum atomic E-state index is -0.0595. The van der Waals surface area contributed by atoms with Gasteiger partial charge in [-0.25, -0.2) is 9.97 Å². The van der Waals surface area contributed by atoms with Gasteiger partial charge in [-0.2, -0.15) is 0 Å². The van der Waals surface area contributed by atoms with Gasteiger partial charge in [0.15, 0.2) is 5.82 Å². The number of nitrogens with one attached hydrogen (secondary N) is 1. The van der Waals surface area contributed by atoms with Gasteiger partial charge in [0.25, 0.3) is 5.56 Å². The topological polar surface area (TPSA) is 68.4 Å². The van der Waals surface area contributed by atoms with Crippen LogP contribution in [0.15, 0.2) is 17.1 Å². The number of H-pyrrole nitrogens is 1. The molecule has 0 aliphatic carbocycles. The van der Waals surface area contributed by atoms with Crippen molar-refractivity contribution in [1.82, 2.24) is 19.9 Å². The number of nitrogens with zero attached hydrogens (tertiary/aromatic N) is 5. The first kappa shape index (κ1) is 25.0. The van der Waals surface area contributed by atoms with E-state index in [2.05, 4.69) is 33.5 Å². The van der Waals surface area contributed by atoms with Gasteiger partial charge in [0.1, 0.15) is 5.52 Å². The number of aromatic nitrogens is 3. The lowest BCUT2D eigenvalue weighted by atomic mass is 10.0. The van der Waals surface area contributed by atoms with Gasteiger partial charge in [-0.3, -0.25) is 14.7 Å². The molecule has 1 unspecified atom stereocenters. The molecule has 7 nitrogen and oxygen atoms in total. The van der Waals surface area contributed by atoms with Crippen molar-refractivity contribution < 1.29 is 0 Å². The fourth-order valence-electron chi connectivity index (χ4n) is 5.73. The summed E-state index contributed by atoms with van der Waals surface area (Å²) >= 11 is 0. The molecular formula is C27H44N6O. The van der Waals surface area contributed by atoms with Crippen LogP contribution in [0.25, 0.3) is 10.9 Å². The molecule has 2 aliphatic rings. The monoisotopic (exact) mass is 468 g/mol. The first-order valence-corrected chi connectivity index (χ1v) is 13.9. The number of fused-ring (bicyclic) bond motifs is 1. The molecule has 7 heteroatoms. The number of likely N-dealkylation sites (tertiary alicyclic amines) is 1. The average molecular weight is 469 g/mol. The molecule has 0 saturated carbocycles. The van der Waals surface area contributed by atoms with E-state index in [0.717, 1.165) is 69.7 Å². The van der Waals surface area contributed by atoms with Crippen LogP contribution in [0, 0.1) is 0 Å². The number of hydrogen-bond acceptors (Lipinski definition) is 6. The fourth-order valence-corrected chi connectivity index (χ4v) is 5.73. The predicted octanol–water partition coefficient (Wildman–Crippen LogP) is 5.31. The smallest absolute Gasteiger partial charge is 0.260 e. The lowest BCUT2D eigenvalue weighted by Gasteiger charge is -2.42. The molecule has 0 radical (unpaired) electrons. The second-order valence-electron chi connectivity index (χ2n) is 10.1. The highest BCUT2D eigenvalue weighted by molar-refractivity contribution is 5.88. The SMILES string of the molecule is CCCN(CCC)c1nc2c(N3CCCCCCC3N3CCCCCCC3)nccc2c(=O)[nH]1. The Kier molecular flexibility index (Phi) is 9.19. The molecule has 0 aromatic carbocycles. The van der Waals surface area contributed by atoms with Crippen LogP contribution in [0.4, 0.5) is 11.8 Å². The molecule has 0 bridgehead atoms. The molecule has 2 saturated heterocycles. The summed E-state index contributed by atoms with van der Waals surface area (Å²) in [6.07, 6.45) is 16.9. The Morgan fingerprint density at radius 2 is 1.59 bits per heavy atom. The molecule has 188 valence electrons. The molecule has 2 aliphatic heterocycles. The van der Waals surface area contributed by atoms with Crippen molar-refractivity contribution in [3.63, 3.8) is 0 Å². The Balaban J connectivity index is 1.76. The number of pyridine rings is 1. The minimum absolute atomic E-state index is 0.0595. The van der Waals surface area contributed by atoms with E-state index < -0.39 is 0 Å². The minimum Gasteiger partial charge on any atom is -0.342 e. The van der Waals surface area contributed by atoms with E-state index in [1.807, 2.05) is 6.07 Å². The highest BCUT2D eigenvalue weighted by atomic mass is 16.1. The van der Waals surface area contributed by atoms with Gasteiger partial charge >= 0.3 is 0 Å². The molecular weight excluding hydrogens is 424 g/mol. The van der Waals surface area contributed by atoms with E-state index in [1.165, 1.54) is 51.4 Å². The van der Waals surface area contributed by atoms with Crippen LogP contribution >= 0.6 is 0 Å². The van der Waals surface area contributed by atoms with E-state index >= 15 is 0 Å². The third-order valence-electron chi connectivity index (χ3n) is 7.43. The molecule has 34 heavy (non-hydrogen) atoms. The Bertz CT molecular complexity index is 946. The third kappa shape index (κ3) is 5.91. The van der Waals surface area contributed by atoms with Crippen molar-refractivity contribution in [2.24, 2.45) is 0 Å². The maximum atomic E-state index is 13.2. The maximum absolute atomic E-state index is 13.2. The zero-order valence-corrected chi connectivity index (χ0v) is 21.4. The first-order valence-electron chi connectivity index (χ1n) is 13.9. The third-order valence-corrected chi connectivity index (χ3v) is 7.43. The Hall–Kier alpha value is -2.15. The number of anilines is 2. The standard InChI is InChI=1S/C27H44N6O/c1-3-17-32(18-4-2)27-29-24-22(26(34)30-27)15-16-28-25(24)33-21-13-9-6-10-14-23(33)31-19-11-7-5-8-12-20-31/h15-16,23H,3-14,17-21H2,1-2H3,(H,29,30,34). The van der Waals surface area contributed by atoms with Gasteiger partial charge in [0, 0.05) is 38.9 Å². The van der Waals surface area contributed by atoms with E-state index in [0.29, 0.717) is 17.5 Å². The highest BCUT2D eigenvalue weighted by Gasteiger charge is 2.29. The lowest BCUT2D eigenvalue weighted by Crippen LogP contribution is -2.51. The molecule has 2 aromatic heterocycles. The van der Waals surface area contributed by atoms with Crippen LogP contribution in [0.5, 0.6) is 0 Å². The van der Waals surface area contributed by atoms with Crippen LogP contribution in [0.3, 0.4) is 0 Å². The highest BCUT2D eigenvalue weighted by Crippen LogP contribution is 2.30. The van der Waals surface area contributed by atoms with Crippen molar-refractivity contribution >= 4 is 22.7 Å². The fraction of sp³-hybridized carbons (Fsp3) is 0.741. The van der Waals surface area contributed by atoms with E-state index in [-0.39, 0.29) is 5.56 Å². The molecule has 0 spiro atoms. The molecule has 0 amide bonds. The summed E-state index contributed by atoms with van der Waals surface area (Å²) in [5, 5.41) is 0.648. The van der Waals surface area contributed by atoms with Crippen molar-refractivity contribution in [3.8, 4) is 0 Å². The summed E-state index contributed by atoms with van der Waals surface area (Å²) in [5.41, 5.74) is 0.701. The summed E-state index contributed by atoms with van der Waals surface area (Å²) in [4.78, 5) is 33.6. The van der Waals surface area contributed by atoms with Crippen LogP contribution in [0.2, 0.25) is 0 Å². The van der Waals surface area contributed by atoms with E-state index in [9.17, 15) is 4.79 Å². The number of hydrogen-bond donors (Lipinski definition) is 1.